The highest BCUT2D eigenvalue weighted by Gasteiger charge is 2.22. The van der Waals surface area contributed by atoms with Crippen molar-refractivity contribution in [1.29, 1.82) is 0 Å². The molecule has 17 heavy (non-hydrogen) atoms. The highest BCUT2D eigenvalue weighted by molar-refractivity contribution is 5.91. The molecule has 5 heteroatoms. The molecular weight excluding hydrogens is 224 g/mol. The molecule has 0 aromatic carbocycles. The maximum atomic E-state index is 11.1. The number of aromatic carboxylic acids is 1. The van der Waals surface area contributed by atoms with E-state index in [9.17, 15) is 9.59 Å². The Morgan fingerprint density at radius 3 is 2.29 bits per heavy atom. The molecule has 0 saturated heterocycles. The normalized spacial score (nSPS) is 10.5. The van der Waals surface area contributed by atoms with Crippen LogP contribution in [0.1, 0.15) is 47.2 Å². The second-order valence-corrected chi connectivity index (χ2v) is 3.90. The maximum absolute atomic E-state index is 11.1. The summed E-state index contributed by atoms with van der Waals surface area (Å²) in [5.41, 5.74) is 0.731. The minimum Gasteiger partial charge on any atom is -0.481 e. The van der Waals surface area contributed by atoms with Crippen LogP contribution in [-0.4, -0.2) is 22.2 Å². The molecule has 0 amide bonds. The van der Waals surface area contributed by atoms with E-state index in [2.05, 4.69) is 0 Å². The molecule has 0 aliphatic rings. The Labute approximate surface area is 99.1 Å². The van der Waals surface area contributed by atoms with Gasteiger partial charge in [-0.2, -0.15) is 0 Å². The van der Waals surface area contributed by atoms with Crippen LogP contribution in [0.5, 0.6) is 0 Å². The minimum atomic E-state index is -1.06. The molecule has 0 saturated carbocycles. The lowest BCUT2D eigenvalue weighted by molar-refractivity contribution is -0.137. The summed E-state index contributed by atoms with van der Waals surface area (Å²) >= 11 is 0. The van der Waals surface area contributed by atoms with Crippen LogP contribution in [-0.2, 0) is 17.6 Å². The predicted octanol–water partition coefficient (Wildman–Crippen LogP) is 2.26. The standard InChI is InChI=1S/C12H16O5/c1-3-4-8-7(2)11(12(15)16)9(17-8)5-6-10(13)14/h3-6H2,1-2H3,(H,13,14)(H,15,16). The summed E-state index contributed by atoms with van der Waals surface area (Å²) in [6, 6.07) is 0. The molecule has 2 N–H and O–H groups in total. The molecular formula is C12H16O5. The van der Waals surface area contributed by atoms with Gasteiger partial charge in [0.2, 0.25) is 0 Å². The minimum absolute atomic E-state index is 0.113. The number of aryl methyl sites for hydroxylation is 2. The Morgan fingerprint density at radius 2 is 1.82 bits per heavy atom. The molecule has 1 aromatic rings. The number of rotatable bonds is 6. The predicted molar refractivity (Wildman–Crippen MR) is 60.4 cm³/mol. The van der Waals surface area contributed by atoms with Gasteiger partial charge < -0.3 is 14.6 Å². The van der Waals surface area contributed by atoms with Crippen LogP contribution in [0.15, 0.2) is 4.42 Å². The van der Waals surface area contributed by atoms with Crippen molar-refractivity contribution in [2.75, 3.05) is 0 Å². The quantitative estimate of drug-likeness (QED) is 0.796. The Kier molecular flexibility index (Phi) is 4.31. The first-order chi connectivity index (χ1) is 7.97. The summed E-state index contributed by atoms with van der Waals surface area (Å²) in [5, 5.41) is 17.7. The van der Waals surface area contributed by atoms with E-state index in [1.807, 2.05) is 6.92 Å². The van der Waals surface area contributed by atoms with Crippen LogP contribution in [0.3, 0.4) is 0 Å². The smallest absolute Gasteiger partial charge is 0.339 e. The van der Waals surface area contributed by atoms with E-state index in [4.69, 9.17) is 14.6 Å². The van der Waals surface area contributed by atoms with E-state index in [0.29, 0.717) is 17.7 Å². The lowest BCUT2D eigenvalue weighted by Crippen LogP contribution is -2.04. The van der Waals surface area contributed by atoms with Crippen LogP contribution >= 0.6 is 0 Å². The molecule has 0 radical (unpaired) electrons. The SMILES string of the molecule is CCCc1oc(CCC(=O)O)c(C(=O)O)c1C. The van der Waals surface area contributed by atoms with Gasteiger partial charge in [-0.25, -0.2) is 4.79 Å². The van der Waals surface area contributed by atoms with Gasteiger partial charge in [-0.15, -0.1) is 0 Å². The number of carboxylic acids is 2. The summed E-state index contributed by atoms with van der Waals surface area (Å²) in [6.45, 7) is 3.67. The first kappa shape index (κ1) is 13.3. The lowest BCUT2D eigenvalue weighted by Gasteiger charge is -1.96. The van der Waals surface area contributed by atoms with E-state index < -0.39 is 11.9 Å². The zero-order chi connectivity index (χ0) is 13.0. The first-order valence-electron chi connectivity index (χ1n) is 5.53. The average molecular weight is 240 g/mol. The van der Waals surface area contributed by atoms with Crippen LogP contribution in [0.4, 0.5) is 0 Å². The molecule has 0 unspecified atom stereocenters. The highest BCUT2D eigenvalue weighted by Crippen LogP contribution is 2.24. The number of hydrogen-bond donors (Lipinski definition) is 2. The Bertz CT molecular complexity index is 430. The third-order valence-electron chi connectivity index (χ3n) is 2.58. The molecule has 94 valence electrons. The topological polar surface area (TPSA) is 87.7 Å². The molecule has 1 heterocycles. The Hall–Kier alpha value is -1.78. The van der Waals surface area contributed by atoms with Crippen molar-refractivity contribution < 1.29 is 24.2 Å². The van der Waals surface area contributed by atoms with Gasteiger partial charge in [0.25, 0.3) is 0 Å². The van der Waals surface area contributed by atoms with Crippen molar-refractivity contribution in [2.45, 2.75) is 39.5 Å². The van der Waals surface area contributed by atoms with Crippen molar-refractivity contribution in [3.8, 4) is 0 Å². The maximum Gasteiger partial charge on any atom is 0.339 e. The first-order valence-corrected chi connectivity index (χ1v) is 5.53. The average Bonchev–Trinajstić information content (AvgIpc) is 2.53. The summed E-state index contributed by atoms with van der Waals surface area (Å²) in [5.74, 6) is -1.12. The van der Waals surface area contributed by atoms with Crippen molar-refractivity contribution >= 4 is 11.9 Å². The summed E-state index contributed by atoms with van der Waals surface area (Å²) in [4.78, 5) is 21.6. The van der Waals surface area contributed by atoms with Crippen molar-refractivity contribution in [3.05, 3.63) is 22.6 Å². The number of carbonyl (C=O) groups is 2. The zero-order valence-corrected chi connectivity index (χ0v) is 9.95. The molecule has 0 spiro atoms. The van der Waals surface area contributed by atoms with E-state index in [-0.39, 0.29) is 24.2 Å². The van der Waals surface area contributed by atoms with E-state index in [1.54, 1.807) is 6.92 Å². The fraction of sp³-hybridized carbons (Fsp3) is 0.500. The number of hydrogen-bond acceptors (Lipinski definition) is 3. The van der Waals surface area contributed by atoms with Crippen LogP contribution in [0.25, 0.3) is 0 Å². The number of furan rings is 1. The molecule has 0 aliphatic carbocycles. The molecule has 5 nitrogen and oxygen atoms in total. The van der Waals surface area contributed by atoms with E-state index in [1.165, 1.54) is 0 Å². The fourth-order valence-electron chi connectivity index (χ4n) is 1.77. The van der Waals surface area contributed by atoms with Gasteiger partial charge in [-0.3, -0.25) is 4.79 Å². The third-order valence-corrected chi connectivity index (χ3v) is 2.58. The summed E-state index contributed by atoms with van der Waals surface area (Å²) < 4.78 is 5.45. The summed E-state index contributed by atoms with van der Waals surface area (Å²) in [7, 11) is 0. The Morgan fingerprint density at radius 1 is 1.18 bits per heavy atom. The van der Waals surface area contributed by atoms with Crippen molar-refractivity contribution in [2.24, 2.45) is 0 Å². The second-order valence-electron chi connectivity index (χ2n) is 3.90. The third kappa shape index (κ3) is 3.09. The summed E-state index contributed by atoms with van der Waals surface area (Å²) in [6.07, 6.45) is 1.51. The lowest BCUT2D eigenvalue weighted by atomic mass is 10.1. The van der Waals surface area contributed by atoms with Gasteiger partial charge in [0, 0.05) is 18.4 Å². The van der Waals surface area contributed by atoms with Crippen molar-refractivity contribution in [1.82, 2.24) is 0 Å². The Balaban J connectivity index is 3.05. The van der Waals surface area contributed by atoms with Gasteiger partial charge in [-0.1, -0.05) is 6.92 Å². The number of carboxylic acid groups (broad SMARTS) is 2. The second kappa shape index (κ2) is 5.52. The van der Waals surface area contributed by atoms with Gasteiger partial charge in [0.15, 0.2) is 0 Å². The monoisotopic (exact) mass is 240 g/mol. The highest BCUT2D eigenvalue weighted by atomic mass is 16.4. The van der Waals surface area contributed by atoms with E-state index >= 15 is 0 Å². The van der Waals surface area contributed by atoms with Gasteiger partial charge in [0.1, 0.15) is 17.1 Å². The zero-order valence-electron chi connectivity index (χ0n) is 9.95. The largest absolute Gasteiger partial charge is 0.481 e. The molecule has 0 aliphatic heterocycles. The molecule has 1 rings (SSSR count). The van der Waals surface area contributed by atoms with Crippen LogP contribution in [0.2, 0.25) is 0 Å². The molecule has 0 bridgehead atoms. The van der Waals surface area contributed by atoms with Gasteiger partial charge in [-0.05, 0) is 13.3 Å². The molecule has 1 aromatic heterocycles. The van der Waals surface area contributed by atoms with Crippen LogP contribution < -0.4 is 0 Å². The van der Waals surface area contributed by atoms with Gasteiger partial charge in [0.05, 0.1) is 6.42 Å². The number of aliphatic carboxylic acids is 1. The van der Waals surface area contributed by atoms with E-state index in [0.717, 1.165) is 6.42 Å². The molecule has 0 fully saturated rings. The fourth-order valence-corrected chi connectivity index (χ4v) is 1.77. The molecule has 0 atom stereocenters. The van der Waals surface area contributed by atoms with Crippen molar-refractivity contribution in [3.63, 3.8) is 0 Å². The van der Waals surface area contributed by atoms with Gasteiger partial charge >= 0.3 is 11.9 Å². The van der Waals surface area contributed by atoms with Crippen LogP contribution in [0, 0.1) is 6.92 Å².